The largest absolute Gasteiger partial charge is 0.489 e. The molecule has 124 valence electrons. The van der Waals surface area contributed by atoms with Gasteiger partial charge in [0.15, 0.2) is 0 Å². The molecule has 0 aliphatic carbocycles. The van der Waals surface area contributed by atoms with E-state index in [-0.39, 0.29) is 25.1 Å². The van der Waals surface area contributed by atoms with Crippen molar-refractivity contribution in [3.8, 4) is 5.75 Å². The number of nitrogens with zero attached hydrogens (tertiary/aromatic N) is 1. The maximum absolute atomic E-state index is 11.6. The van der Waals surface area contributed by atoms with Gasteiger partial charge in [-0.25, -0.2) is 0 Å². The van der Waals surface area contributed by atoms with Crippen molar-refractivity contribution in [2.75, 3.05) is 26.7 Å². The lowest BCUT2D eigenvalue weighted by molar-refractivity contribution is -0.122. The van der Waals surface area contributed by atoms with Crippen LogP contribution in [-0.2, 0) is 4.79 Å². The molecule has 0 bridgehead atoms. The van der Waals surface area contributed by atoms with E-state index in [1.54, 1.807) is 30.1 Å². The van der Waals surface area contributed by atoms with Crippen molar-refractivity contribution in [2.45, 2.75) is 26.0 Å². The maximum Gasteiger partial charge on any atom is 0.234 e. The van der Waals surface area contributed by atoms with Crippen molar-refractivity contribution >= 4 is 29.1 Å². The van der Waals surface area contributed by atoms with E-state index < -0.39 is 6.10 Å². The summed E-state index contributed by atoms with van der Waals surface area (Å²) in [6.07, 6.45) is -0.733. The van der Waals surface area contributed by atoms with Crippen LogP contribution < -0.4 is 10.1 Å². The summed E-state index contributed by atoms with van der Waals surface area (Å²) in [6.45, 7) is 4.41. The predicted molar refractivity (Wildman–Crippen MR) is 88.7 cm³/mol. The predicted octanol–water partition coefficient (Wildman–Crippen LogP) is 2.19. The minimum atomic E-state index is -0.733. The lowest BCUT2D eigenvalue weighted by Gasteiger charge is -2.21. The van der Waals surface area contributed by atoms with Gasteiger partial charge in [-0.2, -0.15) is 0 Å². The quantitative estimate of drug-likeness (QED) is 0.755. The fraction of sp³-hybridized carbons (Fsp3) is 0.533. The van der Waals surface area contributed by atoms with Crippen molar-refractivity contribution in [3.63, 3.8) is 0 Å². The number of carbonyl (C=O) groups is 1. The number of likely N-dealkylation sites (N-methyl/N-ethyl adjacent to an activating group) is 1. The summed E-state index contributed by atoms with van der Waals surface area (Å²) in [5.74, 6) is 0.386. The Hall–Kier alpha value is -1.01. The van der Waals surface area contributed by atoms with Crippen LogP contribution in [0.3, 0.4) is 0 Å². The number of rotatable bonds is 8. The average molecular weight is 349 g/mol. The Morgan fingerprint density at radius 3 is 2.68 bits per heavy atom. The van der Waals surface area contributed by atoms with Crippen LogP contribution in [0.1, 0.15) is 13.8 Å². The average Bonchev–Trinajstić information content (AvgIpc) is 2.36. The highest BCUT2D eigenvalue weighted by atomic mass is 35.5. The third-order valence-corrected chi connectivity index (χ3v) is 3.24. The van der Waals surface area contributed by atoms with E-state index in [0.29, 0.717) is 22.3 Å². The van der Waals surface area contributed by atoms with E-state index in [4.69, 9.17) is 27.9 Å². The molecule has 1 aromatic rings. The van der Waals surface area contributed by atoms with Gasteiger partial charge in [-0.05, 0) is 39.1 Å². The highest BCUT2D eigenvalue weighted by Gasteiger charge is 2.13. The van der Waals surface area contributed by atoms with Gasteiger partial charge in [0.05, 0.1) is 11.6 Å². The Bertz CT molecular complexity index is 498. The minimum absolute atomic E-state index is 0.0774. The van der Waals surface area contributed by atoms with Crippen LogP contribution >= 0.6 is 23.2 Å². The highest BCUT2D eigenvalue weighted by molar-refractivity contribution is 6.35. The lowest BCUT2D eigenvalue weighted by atomic mass is 10.3. The van der Waals surface area contributed by atoms with Crippen LogP contribution in [0.15, 0.2) is 18.2 Å². The zero-order chi connectivity index (χ0) is 16.7. The van der Waals surface area contributed by atoms with Gasteiger partial charge in [-0.1, -0.05) is 23.2 Å². The van der Waals surface area contributed by atoms with Crippen molar-refractivity contribution in [2.24, 2.45) is 0 Å². The molecule has 0 aliphatic heterocycles. The molecular weight excluding hydrogens is 327 g/mol. The Labute approximate surface area is 141 Å². The second kappa shape index (κ2) is 9.20. The number of aliphatic hydroxyl groups is 1. The summed E-state index contributed by atoms with van der Waals surface area (Å²) in [6, 6.07) is 4.99. The normalized spacial score (nSPS) is 12.5. The second-order valence-electron chi connectivity index (χ2n) is 5.46. The zero-order valence-corrected chi connectivity index (χ0v) is 14.5. The number of carbonyl (C=O) groups excluding carboxylic acids is 1. The molecular formula is C15H22Cl2N2O3. The molecule has 0 aliphatic rings. The fourth-order valence-corrected chi connectivity index (χ4v) is 2.33. The van der Waals surface area contributed by atoms with Gasteiger partial charge in [0.2, 0.25) is 5.91 Å². The van der Waals surface area contributed by atoms with Crippen molar-refractivity contribution in [3.05, 3.63) is 28.2 Å². The Balaban J connectivity index is 2.36. The molecule has 0 aromatic heterocycles. The molecule has 0 radical (unpaired) electrons. The molecule has 5 nitrogen and oxygen atoms in total. The van der Waals surface area contributed by atoms with Gasteiger partial charge in [0, 0.05) is 17.6 Å². The first-order valence-corrected chi connectivity index (χ1v) is 7.77. The maximum atomic E-state index is 11.6. The Kier molecular flexibility index (Phi) is 7.96. The molecule has 0 saturated carbocycles. The van der Waals surface area contributed by atoms with E-state index in [1.807, 2.05) is 13.8 Å². The van der Waals surface area contributed by atoms with Crippen molar-refractivity contribution < 1.29 is 14.6 Å². The summed E-state index contributed by atoms with van der Waals surface area (Å²) >= 11 is 11.8. The van der Waals surface area contributed by atoms with Crippen LogP contribution in [0.4, 0.5) is 0 Å². The van der Waals surface area contributed by atoms with Crippen LogP contribution in [0.25, 0.3) is 0 Å². The molecule has 7 heteroatoms. The molecule has 1 unspecified atom stereocenters. The number of halogens is 2. The lowest BCUT2D eigenvalue weighted by Crippen LogP contribution is -2.42. The standard InChI is InChI=1S/C15H22Cl2N2O3/c1-10(2)18-15(21)8-19(3)7-12(20)9-22-14-5-4-11(16)6-13(14)17/h4-6,10,12,20H,7-9H2,1-3H3,(H,18,21). The molecule has 1 rings (SSSR count). The summed E-state index contributed by atoms with van der Waals surface area (Å²) in [5.41, 5.74) is 0. The third-order valence-electron chi connectivity index (χ3n) is 2.71. The van der Waals surface area contributed by atoms with Gasteiger partial charge < -0.3 is 15.2 Å². The first-order valence-electron chi connectivity index (χ1n) is 7.01. The van der Waals surface area contributed by atoms with Gasteiger partial charge in [0.25, 0.3) is 0 Å². The number of nitrogens with one attached hydrogen (secondary N) is 1. The number of aliphatic hydroxyl groups excluding tert-OH is 1. The van der Waals surface area contributed by atoms with Crippen molar-refractivity contribution in [1.29, 1.82) is 0 Å². The van der Waals surface area contributed by atoms with Gasteiger partial charge in [-0.3, -0.25) is 9.69 Å². The first kappa shape index (κ1) is 19.0. The van der Waals surface area contributed by atoms with Gasteiger partial charge >= 0.3 is 0 Å². The number of hydrogen-bond acceptors (Lipinski definition) is 4. The molecule has 1 amide bonds. The molecule has 22 heavy (non-hydrogen) atoms. The topological polar surface area (TPSA) is 61.8 Å². The number of hydrogen-bond donors (Lipinski definition) is 2. The summed E-state index contributed by atoms with van der Waals surface area (Å²) < 4.78 is 5.46. The zero-order valence-electron chi connectivity index (χ0n) is 13.0. The Morgan fingerprint density at radius 2 is 2.09 bits per heavy atom. The summed E-state index contributed by atoms with van der Waals surface area (Å²) in [5, 5.41) is 13.7. The summed E-state index contributed by atoms with van der Waals surface area (Å²) in [7, 11) is 1.76. The molecule has 0 heterocycles. The van der Waals surface area contributed by atoms with E-state index in [9.17, 15) is 9.90 Å². The summed E-state index contributed by atoms with van der Waals surface area (Å²) in [4.78, 5) is 13.3. The monoisotopic (exact) mass is 348 g/mol. The van der Waals surface area contributed by atoms with E-state index in [2.05, 4.69) is 5.32 Å². The Morgan fingerprint density at radius 1 is 1.41 bits per heavy atom. The molecule has 1 atom stereocenters. The van der Waals surface area contributed by atoms with Gasteiger partial charge in [-0.15, -0.1) is 0 Å². The fourth-order valence-electron chi connectivity index (χ4n) is 1.87. The van der Waals surface area contributed by atoms with E-state index >= 15 is 0 Å². The minimum Gasteiger partial charge on any atom is -0.489 e. The number of benzene rings is 1. The number of ether oxygens (including phenoxy) is 1. The van der Waals surface area contributed by atoms with Crippen molar-refractivity contribution in [1.82, 2.24) is 10.2 Å². The first-order chi connectivity index (χ1) is 10.3. The van der Waals surface area contributed by atoms with E-state index in [1.165, 1.54) is 0 Å². The molecule has 0 saturated heterocycles. The van der Waals surface area contributed by atoms with E-state index in [0.717, 1.165) is 0 Å². The van der Waals surface area contributed by atoms with Gasteiger partial charge in [0.1, 0.15) is 18.5 Å². The van der Waals surface area contributed by atoms with Crippen LogP contribution in [-0.4, -0.2) is 54.8 Å². The second-order valence-corrected chi connectivity index (χ2v) is 6.30. The highest BCUT2D eigenvalue weighted by Crippen LogP contribution is 2.27. The molecule has 0 fully saturated rings. The van der Waals surface area contributed by atoms with Crippen LogP contribution in [0.5, 0.6) is 5.75 Å². The molecule has 0 spiro atoms. The number of amides is 1. The smallest absolute Gasteiger partial charge is 0.234 e. The molecule has 1 aromatic carbocycles. The van der Waals surface area contributed by atoms with Crippen LogP contribution in [0, 0.1) is 0 Å². The molecule has 2 N–H and O–H groups in total. The van der Waals surface area contributed by atoms with Crippen LogP contribution in [0.2, 0.25) is 10.0 Å². The third kappa shape index (κ3) is 7.31. The SMILES string of the molecule is CC(C)NC(=O)CN(C)CC(O)COc1ccc(Cl)cc1Cl.